The number of nitrogens with one attached hydrogen (secondary N) is 1. The highest BCUT2D eigenvalue weighted by Gasteiger charge is 2.22. The highest BCUT2D eigenvalue weighted by atomic mass is 16.5. The first-order chi connectivity index (χ1) is 9.38. The molecule has 100 valence electrons. The molecule has 0 spiro atoms. The van der Waals surface area contributed by atoms with Crippen LogP contribution in [0.25, 0.3) is 0 Å². The minimum absolute atomic E-state index is 0.307. The van der Waals surface area contributed by atoms with Crippen molar-refractivity contribution >= 4 is 0 Å². The number of aryl methyl sites for hydroxylation is 1. The fourth-order valence-corrected chi connectivity index (χ4v) is 2.63. The first-order valence-electron chi connectivity index (χ1n) is 6.97. The van der Waals surface area contributed by atoms with Gasteiger partial charge in [0, 0.05) is 30.5 Å². The summed E-state index contributed by atoms with van der Waals surface area (Å²) in [4.78, 5) is 0. The molecule has 1 aromatic carbocycles. The summed E-state index contributed by atoms with van der Waals surface area (Å²) >= 11 is 0. The van der Waals surface area contributed by atoms with Gasteiger partial charge in [0.15, 0.2) is 0 Å². The molecule has 0 saturated carbocycles. The van der Waals surface area contributed by atoms with Crippen molar-refractivity contribution in [1.82, 2.24) is 9.88 Å². The lowest BCUT2D eigenvalue weighted by Gasteiger charge is -2.13. The third-order valence-corrected chi connectivity index (χ3v) is 3.62. The van der Waals surface area contributed by atoms with Crippen LogP contribution in [0.4, 0.5) is 0 Å². The average Bonchev–Trinajstić information content (AvgIpc) is 3.04. The monoisotopic (exact) mass is 256 g/mol. The summed E-state index contributed by atoms with van der Waals surface area (Å²) in [6.07, 6.45) is 3.32. The van der Waals surface area contributed by atoms with Gasteiger partial charge >= 0.3 is 0 Å². The van der Waals surface area contributed by atoms with Crippen LogP contribution in [0, 0.1) is 0 Å². The Balaban J connectivity index is 1.66. The van der Waals surface area contributed by atoms with Gasteiger partial charge in [0.1, 0.15) is 12.4 Å². The highest BCUT2D eigenvalue weighted by Crippen LogP contribution is 2.31. The molecule has 1 aromatic heterocycles. The molecule has 1 N–H and O–H groups in total. The average molecular weight is 256 g/mol. The first-order valence-corrected chi connectivity index (χ1v) is 6.97. The fraction of sp³-hybridized carbons (Fsp3) is 0.375. The van der Waals surface area contributed by atoms with Gasteiger partial charge in [-0.15, -0.1) is 0 Å². The second kappa shape index (κ2) is 5.49. The summed E-state index contributed by atoms with van der Waals surface area (Å²) in [7, 11) is 0. The Morgan fingerprint density at radius 3 is 3.05 bits per heavy atom. The van der Waals surface area contributed by atoms with Crippen molar-refractivity contribution in [2.24, 2.45) is 0 Å². The molecule has 0 fully saturated rings. The fourth-order valence-electron chi connectivity index (χ4n) is 2.63. The number of fused-ring (bicyclic) bond motifs is 1. The number of rotatable bonds is 5. The van der Waals surface area contributed by atoms with Crippen LogP contribution in [0.5, 0.6) is 5.75 Å². The van der Waals surface area contributed by atoms with Gasteiger partial charge in [-0.2, -0.15) is 0 Å². The number of hydrogen-bond acceptors (Lipinski definition) is 2. The summed E-state index contributed by atoms with van der Waals surface area (Å²) in [6.45, 7) is 4.91. The topological polar surface area (TPSA) is 26.2 Å². The predicted molar refractivity (Wildman–Crippen MR) is 76.2 cm³/mol. The number of hydrogen-bond donors (Lipinski definition) is 1. The molecule has 1 aliphatic rings. The molecule has 3 heteroatoms. The second-order valence-electron chi connectivity index (χ2n) is 4.98. The van der Waals surface area contributed by atoms with E-state index < -0.39 is 0 Å². The number of benzene rings is 1. The van der Waals surface area contributed by atoms with Crippen LogP contribution in [0.15, 0.2) is 42.6 Å². The zero-order valence-electron chi connectivity index (χ0n) is 11.3. The van der Waals surface area contributed by atoms with Crippen LogP contribution in [0.2, 0.25) is 0 Å². The molecule has 2 aromatic rings. The van der Waals surface area contributed by atoms with E-state index in [4.69, 9.17) is 4.74 Å². The third kappa shape index (κ3) is 2.51. The Kier molecular flexibility index (Phi) is 3.56. The molecule has 0 bridgehead atoms. The van der Waals surface area contributed by atoms with Crippen molar-refractivity contribution < 1.29 is 4.74 Å². The molecular formula is C16H20N2O. The van der Waals surface area contributed by atoms with E-state index in [0.29, 0.717) is 6.04 Å². The summed E-state index contributed by atoms with van der Waals surface area (Å²) in [5, 5.41) is 3.59. The van der Waals surface area contributed by atoms with Gasteiger partial charge in [0.05, 0.1) is 6.04 Å². The zero-order valence-corrected chi connectivity index (χ0v) is 11.3. The summed E-state index contributed by atoms with van der Waals surface area (Å²) in [5.41, 5.74) is 2.61. The molecule has 1 unspecified atom stereocenters. The van der Waals surface area contributed by atoms with Crippen LogP contribution in [-0.4, -0.2) is 11.2 Å². The van der Waals surface area contributed by atoms with Gasteiger partial charge in [-0.3, -0.25) is 0 Å². The third-order valence-electron chi connectivity index (χ3n) is 3.62. The minimum Gasteiger partial charge on any atom is -0.491 e. The molecule has 1 atom stereocenters. The van der Waals surface area contributed by atoms with Gasteiger partial charge in [-0.25, -0.2) is 0 Å². The maximum absolute atomic E-state index is 5.69. The van der Waals surface area contributed by atoms with E-state index in [-0.39, 0.29) is 0 Å². The Morgan fingerprint density at radius 2 is 2.16 bits per heavy atom. The van der Waals surface area contributed by atoms with Crippen molar-refractivity contribution in [3.63, 3.8) is 0 Å². The molecule has 0 saturated heterocycles. The number of aromatic nitrogens is 1. The molecule has 0 radical (unpaired) electrons. The van der Waals surface area contributed by atoms with Crippen LogP contribution in [0.1, 0.15) is 30.6 Å². The van der Waals surface area contributed by atoms with Gasteiger partial charge < -0.3 is 14.6 Å². The Labute approximate surface area is 114 Å². The molecule has 1 aliphatic heterocycles. The molecule has 19 heavy (non-hydrogen) atoms. The lowest BCUT2D eigenvalue weighted by atomic mass is 10.1. The molecule has 3 rings (SSSR count). The lowest BCUT2D eigenvalue weighted by Crippen LogP contribution is -2.23. The molecule has 2 heterocycles. The van der Waals surface area contributed by atoms with Crippen LogP contribution < -0.4 is 10.1 Å². The smallest absolute Gasteiger partial charge is 0.124 e. The second-order valence-corrected chi connectivity index (χ2v) is 4.98. The number of ether oxygens (including phenoxy) is 1. The highest BCUT2D eigenvalue weighted by molar-refractivity contribution is 5.39. The first kappa shape index (κ1) is 12.3. The van der Waals surface area contributed by atoms with E-state index in [2.05, 4.69) is 47.3 Å². The van der Waals surface area contributed by atoms with E-state index in [1.807, 2.05) is 12.1 Å². The zero-order chi connectivity index (χ0) is 13.1. The van der Waals surface area contributed by atoms with Gasteiger partial charge in [0.25, 0.3) is 0 Å². The summed E-state index contributed by atoms with van der Waals surface area (Å²) < 4.78 is 8.00. The van der Waals surface area contributed by atoms with Crippen molar-refractivity contribution in [2.45, 2.75) is 32.5 Å². The standard InChI is InChI=1S/C16H20N2O/c1-2-9-18-10-5-6-13(18)11-17-15-12-19-16-8-4-3-7-14(15)16/h3-8,10,15,17H,2,9,11-12H2,1H3. The van der Waals surface area contributed by atoms with Gasteiger partial charge in [-0.1, -0.05) is 25.1 Å². The number of nitrogens with zero attached hydrogens (tertiary/aromatic N) is 1. The van der Waals surface area contributed by atoms with Crippen molar-refractivity contribution in [1.29, 1.82) is 0 Å². The number of para-hydroxylation sites is 1. The van der Waals surface area contributed by atoms with E-state index in [0.717, 1.165) is 31.9 Å². The van der Waals surface area contributed by atoms with Crippen molar-refractivity contribution in [3.05, 3.63) is 53.9 Å². The van der Waals surface area contributed by atoms with Gasteiger partial charge in [-0.05, 0) is 24.6 Å². The molecule has 0 aliphatic carbocycles. The Hall–Kier alpha value is -1.74. The SMILES string of the molecule is CCCn1cccc1CNC1COc2ccccc21. The van der Waals surface area contributed by atoms with E-state index in [9.17, 15) is 0 Å². The molecular weight excluding hydrogens is 236 g/mol. The Bertz CT molecular complexity index is 547. The maximum atomic E-state index is 5.69. The van der Waals surface area contributed by atoms with E-state index in [1.165, 1.54) is 11.3 Å². The maximum Gasteiger partial charge on any atom is 0.124 e. The normalized spacial score (nSPS) is 17.2. The largest absolute Gasteiger partial charge is 0.491 e. The Morgan fingerprint density at radius 1 is 1.26 bits per heavy atom. The van der Waals surface area contributed by atoms with E-state index in [1.54, 1.807) is 0 Å². The van der Waals surface area contributed by atoms with Gasteiger partial charge in [0.2, 0.25) is 0 Å². The lowest BCUT2D eigenvalue weighted by molar-refractivity contribution is 0.309. The minimum atomic E-state index is 0.307. The van der Waals surface area contributed by atoms with Crippen LogP contribution >= 0.6 is 0 Å². The van der Waals surface area contributed by atoms with Crippen molar-refractivity contribution in [2.75, 3.05) is 6.61 Å². The summed E-state index contributed by atoms with van der Waals surface area (Å²) in [5.74, 6) is 1.02. The van der Waals surface area contributed by atoms with Crippen LogP contribution in [0.3, 0.4) is 0 Å². The van der Waals surface area contributed by atoms with Crippen molar-refractivity contribution in [3.8, 4) is 5.75 Å². The van der Waals surface area contributed by atoms with E-state index >= 15 is 0 Å². The van der Waals surface area contributed by atoms with Crippen LogP contribution in [-0.2, 0) is 13.1 Å². The summed E-state index contributed by atoms with van der Waals surface area (Å²) in [6, 6.07) is 12.9. The predicted octanol–water partition coefficient (Wildman–Crippen LogP) is 3.12. The molecule has 3 nitrogen and oxygen atoms in total. The quantitative estimate of drug-likeness (QED) is 0.889. The molecule has 0 amide bonds.